The van der Waals surface area contributed by atoms with E-state index >= 15 is 0 Å². The van der Waals surface area contributed by atoms with Gasteiger partial charge >= 0.3 is 0 Å². The number of benzene rings is 1. The Hall–Kier alpha value is -2.40. The fraction of sp³-hybridized carbons (Fsp3) is 0.200. The van der Waals surface area contributed by atoms with Crippen molar-refractivity contribution in [3.05, 3.63) is 48.0 Å². The highest BCUT2D eigenvalue weighted by Gasteiger charge is 2.16. The van der Waals surface area contributed by atoms with Gasteiger partial charge in [-0.1, -0.05) is 0 Å². The SMILES string of the molecule is c1nc2c(c(Oc3ccc4[nH]ccc4c3)n1)CCNC2. The molecule has 2 aromatic heterocycles. The Morgan fingerprint density at radius 1 is 1.15 bits per heavy atom. The average Bonchev–Trinajstić information content (AvgIpc) is 2.95. The largest absolute Gasteiger partial charge is 0.439 e. The Kier molecular flexibility index (Phi) is 2.63. The molecule has 4 rings (SSSR count). The van der Waals surface area contributed by atoms with Crippen molar-refractivity contribution in [1.29, 1.82) is 0 Å². The maximum atomic E-state index is 5.96. The smallest absolute Gasteiger partial charge is 0.225 e. The molecule has 5 heteroatoms. The molecule has 5 nitrogen and oxygen atoms in total. The highest BCUT2D eigenvalue weighted by molar-refractivity contribution is 5.80. The monoisotopic (exact) mass is 266 g/mol. The first-order chi connectivity index (χ1) is 9.90. The molecule has 3 aromatic rings. The number of H-pyrrole nitrogens is 1. The molecular formula is C15H14N4O. The maximum Gasteiger partial charge on any atom is 0.225 e. The number of fused-ring (bicyclic) bond motifs is 2. The molecule has 0 fully saturated rings. The van der Waals surface area contributed by atoms with Gasteiger partial charge in [0.25, 0.3) is 0 Å². The van der Waals surface area contributed by atoms with E-state index < -0.39 is 0 Å². The lowest BCUT2D eigenvalue weighted by atomic mass is 10.1. The third-order valence-corrected chi connectivity index (χ3v) is 3.58. The summed E-state index contributed by atoms with van der Waals surface area (Å²) in [5.74, 6) is 1.47. The number of aromatic nitrogens is 3. The van der Waals surface area contributed by atoms with E-state index in [0.29, 0.717) is 5.88 Å². The quantitative estimate of drug-likeness (QED) is 0.747. The normalized spacial score (nSPS) is 14.2. The summed E-state index contributed by atoms with van der Waals surface area (Å²) in [6, 6.07) is 8.01. The maximum absolute atomic E-state index is 5.96. The van der Waals surface area contributed by atoms with Crippen LogP contribution in [0.15, 0.2) is 36.8 Å². The van der Waals surface area contributed by atoms with Crippen LogP contribution in [0.3, 0.4) is 0 Å². The van der Waals surface area contributed by atoms with E-state index in [-0.39, 0.29) is 0 Å². The van der Waals surface area contributed by atoms with Crippen LogP contribution in [-0.4, -0.2) is 21.5 Å². The summed E-state index contributed by atoms with van der Waals surface area (Å²) in [6.45, 7) is 1.72. The van der Waals surface area contributed by atoms with E-state index in [1.165, 1.54) is 0 Å². The minimum atomic E-state index is 0.673. The van der Waals surface area contributed by atoms with Crippen LogP contribution in [0.5, 0.6) is 11.6 Å². The predicted molar refractivity (Wildman–Crippen MR) is 75.8 cm³/mol. The van der Waals surface area contributed by atoms with Crippen LogP contribution in [0.4, 0.5) is 0 Å². The number of hydrogen-bond acceptors (Lipinski definition) is 4. The fourth-order valence-corrected chi connectivity index (χ4v) is 2.55. The van der Waals surface area contributed by atoms with Crippen molar-refractivity contribution in [2.45, 2.75) is 13.0 Å². The van der Waals surface area contributed by atoms with Crippen LogP contribution >= 0.6 is 0 Å². The molecule has 0 unspecified atom stereocenters. The Morgan fingerprint density at radius 3 is 3.15 bits per heavy atom. The van der Waals surface area contributed by atoms with Gasteiger partial charge in [0.2, 0.25) is 5.88 Å². The summed E-state index contributed by atoms with van der Waals surface area (Å²) in [7, 11) is 0. The van der Waals surface area contributed by atoms with Gasteiger partial charge in [-0.25, -0.2) is 9.97 Å². The minimum absolute atomic E-state index is 0.673. The lowest BCUT2D eigenvalue weighted by Gasteiger charge is -2.18. The number of nitrogens with zero attached hydrogens (tertiary/aromatic N) is 2. The molecule has 0 bridgehead atoms. The van der Waals surface area contributed by atoms with Crippen molar-refractivity contribution in [2.24, 2.45) is 0 Å². The topological polar surface area (TPSA) is 62.8 Å². The molecule has 1 aliphatic heterocycles. The average molecular weight is 266 g/mol. The van der Waals surface area contributed by atoms with Gasteiger partial charge in [0.05, 0.1) is 5.69 Å². The van der Waals surface area contributed by atoms with Gasteiger partial charge in [0.1, 0.15) is 12.1 Å². The van der Waals surface area contributed by atoms with Gasteiger partial charge in [-0.2, -0.15) is 0 Å². The number of aromatic amines is 1. The first-order valence-corrected chi connectivity index (χ1v) is 6.68. The Bertz CT molecular complexity index is 765. The number of nitrogens with one attached hydrogen (secondary N) is 2. The standard InChI is InChI=1S/C15H14N4O/c1-2-13-10(3-6-17-13)7-11(1)20-15-12-4-5-16-8-14(12)18-9-19-15/h1-3,6-7,9,16-17H,4-5,8H2. The summed E-state index contributed by atoms with van der Waals surface area (Å²) >= 11 is 0. The highest BCUT2D eigenvalue weighted by atomic mass is 16.5. The molecule has 0 atom stereocenters. The summed E-state index contributed by atoms with van der Waals surface area (Å²) < 4.78 is 5.96. The predicted octanol–water partition coefficient (Wildman–Crippen LogP) is 2.40. The number of hydrogen-bond donors (Lipinski definition) is 2. The van der Waals surface area contributed by atoms with Crippen molar-refractivity contribution < 1.29 is 4.74 Å². The van der Waals surface area contributed by atoms with Crippen LogP contribution in [0.25, 0.3) is 10.9 Å². The molecule has 0 aliphatic carbocycles. The van der Waals surface area contributed by atoms with Crippen LogP contribution in [0.1, 0.15) is 11.3 Å². The van der Waals surface area contributed by atoms with Crippen LogP contribution in [0.2, 0.25) is 0 Å². The zero-order valence-corrected chi connectivity index (χ0v) is 10.9. The van der Waals surface area contributed by atoms with Crippen molar-refractivity contribution in [1.82, 2.24) is 20.3 Å². The molecule has 1 aliphatic rings. The third kappa shape index (κ3) is 1.92. The molecule has 0 amide bonds. The molecule has 20 heavy (non-hydrogen) atoms. The van der Waals surface area contributed by atoms with Crippen LogP contribution in [-0.2, 0) is 13.0 Å². The van der Waals surface area contributed by atoms with E-state index in [1.54, 1.807) is 6.33 Å². The van der Waals surface area contributed by atoms with Gasteiger partial charge in [-0.05, 0) is 37.2 Å². The van der Waals surface area contributed by atoms with Crippen LogP contribution in [0, 0.1) is 0 Å². The molecule has 1 aromatic carbocycles. The van der Waals surface area contributed by atoms with Crippen molar-refractivity contribution in [3.8, 4) is 11.6 Å². The Labute approximate surface area is 116 Å². The molecule has 0 saturated carbocycles. The summed E-state index contributed by atoms with van der Waals surface area (Å²) in [6.07, 6.45) is 4.39. The van der Waals surface area contributed by atoms with E-state index in [4.69, 9.17) is 4.74 Å². The number of rotatable bonds is 2. The van der Waals surface area contributed by atoms with Gasteiger partial charge < -0.3 is 15.0 Å². The van der Waals surface area contributed by atoms with Crippen molar-refractivity contribution in [2.75, 3.05) is 6.54 Å². The summed E-state index contributed by atoms with van der Waals surface area (Å²) in [4.78, 5) is 11.8. The first kappa shape index (κ1) is 11.4. The van der Waals surface area contributed by atoms with Gasteiger partial charge in [-0.3, -0.25) is 0 Å². The second-order valence-electron chi connectivity index (χ2n) is 4.86. The Morgan fingerprint density at radius 2 is 2.15 bits per heavy atom. The van der Waals surface area contributed by atoms with E-state index in [0.717, 1.165) is 47.4 Å². The van der Waals surface area contributed by atoms with Gasteiger partial charge in [0.15, 0.2) is 0 Å². The second kappa shape index (κ2) is 4.61. The molecular weight excluding hydrogens is 252 g/mol. The first-order valence-electron chi connectivity index (χ1n) is 6.68. The summed E-state index contributed by atoms with van der Waals surface area (Å²) in [5.41, 5.74) is 3.25. The Balaban J connectivity index is 1.71. The minimum Gasteiger partial charge on any atom is -0.439 e. The van der Waals surface area contributed by atoms with Crippen molar-refractivity contribution >= 4 is 10.9 Å². The van der Waals surface area contributed by atoms with Crippen LogP contribution < -0.4 is 10.1 Å². The lowest BCUT2D eigenvalue weighted by Crippen LogP contribution is -2.25. The van der Waals surface area contributed by atoms with Gasteiger partial charge in [-0.15, -0.1) is 0 Å². The molecule has 0 saturated heterocycles. The van der Waals surface area contributed by atoms with E-state index in [2.05, 4.69) is 20.3 Å². The van der Waals surface area contributed by atoms with Crippen molar-refractivity contribution in [3.63, 3.8) is 0 Å². The molecule has 100 valence electrons. The summed E-state index contributed by atoms with van der Waals surface area (Å²) in [5, 5.41) is 4.43. The zero-order chi connectivity index (χ0) is 13.4. The highest BCUT2D eigenvalue weighted by Crippen LogP contribution is 2.28. The molecule has 0 radical (unpaired) electrons. The molecule has 2 N–H and O–H groups in total. The lowest BCUT2D eigenvalue weighted by molar-refractivity contribution is 0.446. The number of ether oxygens (including phenoxy) is 1. The molecule has 3 heterocycles. The zero-order valence-electron chi connectivity index (χ0n) is 10.9. The molecule has 0 spiro atoms. The van der Waals surface area contributed by atoms with E-state index in [1.807, 2.05) is 30.5 Å². The second-order valence-corrected chi connectivity index (χ2v) is 4.86. The van der Waals surface area contributed by atoms with Gasteiger partial charge in [0, 0.05) is 29.2 Å². The fourth-order valence-electron chi connectivity index (χ4n) is 2.55. The third-order valence-electron chi connectivity index (χ3n) is 3.58. The van der Waals surface area contributed by atoms with E-state index in [9.17, 15) is 0 Å².